The van der Waals surface area contributed by atoms with Gasteiger partial charge in [0.15, 0.2) is 0 Å². The zero-order chi connectivity index (χ0) is 22.4. The number of rotatable bonds is 13. The van der Waals surface area contributed by atoms with Crippen LogP contribution in [-0.4, -0.2) is 39.4 Å². The number of aryl methyl sites for hydroxylation is 1. The first kappa shape index (κ1) is 23.2. The maximum atomic E-state index is 12.3. The Morgan fingerprint density at radius 1 is 0.781 bits per heavy atom. The monoisotopic (exact) mass is 434 g/mol. The highest BCUT2D eigenvalue weighted by molar-refractivity contribution is 5.93. The molecule has 3 aromatic rings. The van der Waals surface area contributed by atoms with E-state index in [0.717, 1.165) is 30.0 Å². The molecule has 1 amide bonds. The second kappa shape index (κ2) is 13.0. The summed E-state index contributed by atoms with van der Waals surface area (Å²) in [6.45, 7) is 1.77. The fourth-order valence-corrected chi connectivity index (χ4v) is 3.10. The molecular weight excluding hydrogens is 404 g/mol. The van der Waals surface area contributed by atoms with Gasteiger partial charge in [0.25, 0.3) is 0 Å². The second-order valence-electron chi connectivity index (χ2n) is 7.24. The van der Waals surface area contributed by atoms with Crippen molar-refractivity contribution >= 4 is 17.3 Å². The largest absolute Gasteiger partial charge is 0.494 e. The summed E-state index contributed by atoms with van der Waals surface area (Å²) in [5.41, 5.74) is 2.82. The van der Waals surface area contributed by atoms with Crippen molar-refractivity contribution < 1.29 is 19.0 Å². The highest BCUT2D eigenvalue weighted by atomic mass is 16.5. The zero-order valence-electron chi connectivity index (χ0n) is 18.4. The molecule has 0 atom stereocenters. The van der Waals surface area contributed by atoms with Crippen molar-refractivity contribution in [2.75, 3.05) is 44.1 Å². The Morgan fingerprint density at radius 3 is 2.22 bits per heavy atom. The van der Waals surface area contributed by atoms with E-state index < -0.39 is 0 Å². The predicted molar refractivity (Wildman–Crippen MR) is 128 cm³/mol. The summed E-state index contributed by atoms with van der Waals surface area (Å²) >= 11 is 0. The van der Waals surface area contributed by atoms with Crippen molar-refractivity contribution in [3.8, 4) is 11.5 Å². The smallest absolute Gasteiger partial charge is 0.243 e. The minimum absolute atomic E-state index is 0.142. The quantitative estimate of drug-likeness (QED) is 0.379. The van der Waals surface area contributed by atoms with E-state index in [-0.39, 0.29) is 12.5 Å². The van der Waals surface area contributed by atoms with Crippen LogP contribution in [0, 0.1) is 0 Å². The average Bonchev–Trinajstić information content (AvgIpc) is 2.82. The number of amides is 1. The van der Waals surface area contributed by atoms with Crippen LogP contribution in [0.15, 0.2) is 78.9 Å². The molecule has 6 nitrogen and oxygen atoms in total. The summed E-state index contributed by atoms with van der Waals surface area (Å²) in [6, 6.07) is 25.3. The Kier molecular flexibility index (Phi) is 9.42. The van der Waals surface area contributed by atoms with Crippen LogP contribution in [0.3, 0.4) is 0 Å². The van der Waals surface area contributed by atoms with Crippen LogP contribution in [0.5, 0.6) is 11.5 Å². The van der Waals surface area contributed by atoms with Gasteiger partial charge in [-0.3, -0.25) is 4.79 Å². The number of hydrogen-bond donors (Lipinski definition) is 2. The average molecular weight is 435 g/mol. The van der Waals surface area contributed by atoms with Gasteiger partial charge in [0, 0.05) is 30.6 Å². The number of carbonyl (C=O) groups is 1. The Balaban J connectivity index is 1.41. The van der Waals surface area contributed by atoms with E-state index in [4.69, 9.17) is 14.2 Å². The predicted octanol–water partition coefficient (Wildman–Crippen LogP) is 4.77. The lowest BCUT2D eigenvalue weighted by molar-refractivity contribution is -0.114. The first-order chi connectivity index (χ1) is 15.7. The van der Waals surface area contributed by atoms with Crippen LogP contribution in [-0.2, 0) is 16.0 Å². The van der Waals surface area contributed by atoms with Gasteiger partial charge in [-0.1, -0.05) is 42.5 Å². The highest BCUT2D eigenvalue weighted by Crippen LogP contribution is 2.19. The molecule has 0 aromatic heterocycles. The lowest BCUT2D eigenvalue weighted by Crippen LogP contribution is -2.21. The number of methoxy groups -OCH3 is 1. The fourth-order valence-electron chi connectivity index (χ4n) is 3.10. The van der Waals surface area contributed by atoms with Crippen LogP contribution < -0.4 is 20.1 Å². The summed E-state index contributed by atoms with van der Waals surface area (Å²) in [5, 5.41) is 6.01. The summed E-state index contributed by atoms with van der Waals surface area (Å²) in [4.78, 5) is 12.3. The number of hydrogen-bond acceptors (Lipinski definition) is 5. The van der Waals surface area contributed by atoms with Crippen molar-refractivity contribution in [3.05, 3.63) is 84.4 Å². The maximum absolute atomic E-state index is 12.3. The summed E-state index contributed by atoms with van der Waals surface area (Å²) in [6.07, 6.45) is 1.90. The second-order valence-corrected chi connectivity index (χ2v) is 7.24. The van der Waals surface area contributed by atoms with E-state index in [2.05, 4.69) is 22.8 Å². The van der Waals surface area contributed by atoms with E-state index in [0.29, 0.717) is 25.5 Å². The van der Waals surface area contributed by atoms with Crippen LogP contribution in [0.2, 0.25) is 0 Å². The van der Waals surface area contributed by atoms with Crippen molar-refractivity contribution in [2.24, 2.45) is 0 Å². The molecule has 3 rings (SSSR count). The third-order valence-electron chi connectivity index (χ3n) is 4.68. The third kappa shape index (κ3) is 8.32. The van der Waals surface area contributed by atoms with Crippen LogP contribution in [0.4, 0.5) is 11.4 Å². The van der Waals surface area contributed by atoms with E-state index in [1.54, 1.807) is 7.11 Å². The number of nitrogens with one attached hydrogen (secondary N) is 2. The minimum Gasteiger partial charge on any atom is -0.494 e. The van der Waals surface area contributed by atoms with Gasteiger partial charge in [-0.15, -0.1) is 0 Å². The van der Waals surface area contributed by atoms with Crippen LogP contribution in [0.1, 0.15) is 12.0 Å². The molecule has 0 spiro atoms. The Bertz CT molecular complexity index is 963. The van der Waals surface area contributed by atoms with Crippen molar-refractivity contribution in [1.29, 1.82) is 0 Å². The molecule has 0 aliphatic rings. The maximum Gasteiger partial charge on any atom is 0.243 e. The van der Waals surface area contributed by atoms with Gasteiger partial charge in [-0.05, 0) is 42.7 Å². The minimum atomic E-state index is -0.142. The zero-order valence-corrected chi connectivity index (χ0v) is 18.4. The van der Waals surface area contributed by atoms with Gasteiger partial charge >= 0.3 is 0 Å². The van der Waals surface area contributed by atoms with Gasteiger partial charge in [-0.25, -0.2) is 0 Å². The first-order valence-corrected chi connectivity index (χ1v) is 10.8. The third-order valence-corrected chi connectivity index (χ3v) is 4.68. The molecule has 0 saturated carbocycles. The van der Waals surface area contributed by atoms with E-state index >= 15 is 0 Å². The molecule has 0 bridgehead atoms. The molecule has 32 heavy (non-hydrogen) atoms. The normalized spacial score (nSPS) is 10.4. The van der Waals surface area contributed by atoms with Gasteiger partial charge < -0.3 is 24.8 Å². The highest BCUT2D eigenvalue weighted by Gasteiger charge is 2.05. The standard InChI is InChI=1S/C26H30N2O4/c1-30-16-17-32-24-13-5-11-22(18-24)27-20-26(29)28-23-12-6-14-25(19-23)31-15-7-10-21-8-3-2-4-9-21/h2-6,8-9,11-14,18-19,27H,7,10,15-17,20H2,1H3,(H,28,29). The molecule has 2 N–H and O–H groups in total. The molecule has 0 aliphatic heterocycles. The van der Waals surface area contributed by atoms with Crippen molar-refractivity contribution in [3.63, 3.8) is 0 Å². The summed E-state index contributed by atoms with van der Waals surface area (Å²) in [7, 11) is 1.63. The number of benzene rings is 3. The van der Waals surface area contributed by atoms with Crippen LogP contribution in [0.25, 0.3) is 0 Å². The van der Waals surface area contributed by atoms with Gasteiger partial charge in [0.1, 0.15) is 18.1 Å². The number of ether oxygens (including phenoxy) is 3. The van der Waals surface area contributed by atoms with Crippen molar-refractivity contribution in [2.45, 2.75) is 12.8 Å². The molecule has 0 aliphatic carbocycles. The molecule has 0 radical (unpaired) electrons. The molecular formula is C26H30N2O4. The van der Waals surface area contributed by atoms with Gasteiger partial charge in [0.2, 0.25) is 5.91 Å². The summed E-state index contributed by atoms with van der Waals surface area (Å²) < 4.78 is 16.4. The molecule has 168 valence electrons. The summed E-state index contributed by atoms with van der Waals surface area (Å²) in [5.74, 6) is 1.33. The van der Waals surface area contributed by atoms with E-state index in [9.17, 15) is 4.79 Å². The molecule has 6 heteroatoms. The fraction of sp³-hybridized carbons (Fsp3) is 0.269. The van der Waals surface area contributed by atoms with Crippen LogP contribution >= 0.6 is 0 Å². The molecule has 0 saturated heterocycles. The molecule has 3 aromatic carbocycles. The van der Waals surface area contributed by atoms with E-state index in [1.165, 1.54) is 5.56 Å². The Labute approximate surface area is 189 Å². The SMILES string of the molecule is COCCOc1cccc(NCC(=O)Nc2cccc(OCCCc3ccccc3)c2)c1. The number of carbonyl (C=O) groups excluding carboxylic acids is 1. The van der Waals surface area contributed by atoms with Gasteiger partial charge in [0.05, 0.1) is 19.8 Å². The Hall–Kier alpha value is -3.51. The molecule has 0 unspecified atom stereocenters. The molecule has 0 heterocycles. The first-order valence-electron chi connectivity index (χ1n) is 10.8. The van der Waals surface area contributed by atoms with Gasteiger partial charge in [-0.2, -0.15) is 0 Å². The number of anilines is 2. The molecule has 0 fully saturated rings. The lowest BCUT2D eigenvalue weighted by Gasteiger charge is -2.11. The van der Waals surface area contributed by atoms with E-state index in [1.807, 2.05) is 66.7 Å². The van der Waals surface area contributed by atoms with Crippen molar-refractivity contribution in [1.82, 2.24) is 0 Å². The topological polar surface area (TPSA) is 68.8 Å². The Morgan fingerprint density at radius 2 is 1.47 bits per heavy atom. The lowest BCUT2D eigenvalue weighted by atomic mass is 10.1.